The molecule has 0 aliphatic rings. The highest BCUT2D eigenvalue weighted by atomic mass is 16.5. The van der Waals surface area contributed by atoms with Gasteiger partial charge in [-0.2, -0.15) is 0 Å². The van der Waals surface area contributed by atoms with Crippen LogP contribution in [0.2, 0.25) is 0 Å². The van der Waals surface area contributed by atoms with Gasteiger partial charge in [-0.1, -0.05) is 24.3 Å². The Morgan fingerprint density at radius 2 is 1.21 bits per heavy atom. The number of methoxy groups -OCH3 is 1. The summed E-state index contributed by atoms with van der Waals surface area (Å²) in [6.07, 6.45) is 4.26. The van der Waals surface area contributed by atoms with E-state index in [-0.39, 0.29) is 10.8 Å². The molecule has 0 amide bonds. The highest BCUT2D eigenvalue weighted by molar-refractivity contribution is 5.70. The minimum Gasteiger partial charge on any atom is -0.497 e. The first-order valence-corrected chi connectivity index (χ1v) is 8.41. The molecule has 0 N–H and O–H groups in total. The lowest BCUT2D eigenvalue weighted by Gasteiger charge is -2.14. The number of ether oxygens (including phenoxy) is 1. The van der Waals surface area contributed by atoms with E-state index in [9.17, 15) is 0 Å². The summed E-state index contributed by atoms with van der Waals surface area (Å²) in [5, 5.41) is 0. The van der Waals surface area contributed by atoms with Gasteiger partial charge in [0.1, 0.15) is 5.75 Å². The van der Waals surface area contributed by atoms with Crippen molar-refractivity contribution in [2.75, 3.05) is 7.11 Å². The van der Waals surface area contributed by atoms with E-state index in [1.807, 2.05) is 12.1 Å². The molecule has 0 bridgehead atoms. The molecule has 128 valence electrons. The van der Waals surface area contributed by atoms with Gasteiger partial charge >= 0.3 is 11.5 Å². The van der Waals surface area contributed by atoms with Crippen LogP contribution in [0.5, 0.6) is 5.75 Å². The lowest BCUT2D eigenvalue weighted by Crippen LogP contribution is -2.16. The Balaban J connectivity index is 2.39. The highest BCUT2D eigenvalue weighted by Gasteiger charge is 2.33. The minimum atomic E-state index is -0.0238. The zero-order valence-corrected chi connectivity index (χ0v) is 15.9. The maximum absolute atomic E-state index is 6.18. The molecular weight excluding hydrogens is 296 g/mol. The third-order valence-corrected chi connectivity index (χ3v) is 3.88. The van der Waals surface area contributed by atoms with E-state index < -0.39 is 0 Å². The summed E-state index contributed by atoms with van der Waals surface area (Å²) >= 11 is 0. The Hall–Kier alpha value is -2.09. The molecule has 0 saturated heterocycles. The Bertz CT molecular complexity index is 679. The molecule has 0 aliphatic carbocycles. The molecule has 0 aliphatic heterocycles. The van der Waals surface area contributed by atoms with Crippen molar-refractivity contribution in [1.29, 1.82) is 0 Å². The Morgan fingerprint density at radius 1 is 0.750 bits per heavy atom. The average Bonchev–Trinajstić information content (AvgIpc) is 2.51. The first-order valence-electron chi connectivity index (χ1n) is 8.41. The summed E-state index contributed by atoms with van der Waals surface area (Å²) in [5.74, 6) is 2.88. The molecule has 2 aromatic rings. The Morgan fingerprint density at radius 3 is 1.62 bits per heavy atom. The Labute approximate surface area is 146 Å². The van der Waals surface area contributed by atoms with Crippen molar-refractivity contribution in [2.45, 2.75) is 52.4 Å². The SMILES string of the molecule is COc1ccc(C=Cc2cc(C(C)(C)C)[o+]c(C(C)(C)C)c2)cc1. The van der Waals surface area contributed by atoms with Crippen molar-refractivity contribution in [2.24, 2.45) is 0 Å². The van der Waals surface area contributed by atoms with Crippen LogP contribution in [0.25, 0.3) is 12.2 Å². The van der Waals surface area contributed by atoms with E-state index in [1.54, 1.807) is 7.11 Å². The molecule has 0 saturated carbocycles. The highest BCUT2D eigenvalue weighted by Crippen LogP contribution is 2.31. The third-order valence-electron chi connectivity index (χ3n) is 3.88. The fourth-order valence-corrected chi connectivity index (χ4v) is 2.26. The quantitative estimate of drug-likeness (QED) is 0.614. The topological polar surface area (TPSA) is 20.5 Å². The normalized spacial score (nSPS) is 12.6. The summed E-state index contributed by atoms with van der Waals surface area (Å²) in [5.41, 5.74) is 2.26. The van der Waals surface area contributed by atoms with Gasteiger partial charge in [0.05, 0.1) is 17.9 Å². The van der Waals surface area contributed by atoms with Crippen LogP contribution in [0.3, 0.4) is 0 Å². The van der Waals surface area contributed by atoms with Crippen LogP contribution in [0, 0.1) is 0 Å². The molecule has 1 aromatic heterocycles. The second-order valence-electron chi connectivity index (χ2n) is 8.23. The molecule has 0 fully saturated rings. The van der Waals surface area contributed by atoms with Gasteiger partial charge in [0.2, 0.25) is 0 Å². The van der Waals surface area contributed by atoms with Crippen LogP contribution in [0.15, 0.2) is 40.8 Å². The van der Waals surface area contributed by atoms with Crippen molar-refractivity contribution in [3.05, 3.63) is 59.0 Å². The summed E-state index contributed by atoms with van der Waals surface area (Å²) in [6, 6.07) is 12.3. The van der Waals surface area contributed by atoms with E-state index in [0.29, 0.717) is 0 Å². The Kier molecular flexibility index (Phi) is 5.17. The summed E-state index contributed by atoms with van der Waals surface area (Å²) in [7, 11) is 1.68. The molecule has 0 atom stereocenters. The van der Waals surface area contributed by atoms with Crippen LogP contribution >= 0.6 is 0 Å². The van der Waals surface area contributed by atoms with Crippen LogP contribution in [0.1, 0.15) is 64.2 Å². The first kappa shape index (κ1) is 18.3. The van der Waals surface area contributed by atoms with Crippen LogP contribution in [0.4, 0.5) is 0 Å². The molecule has 0 radical (unpaired) electrons. The fraction of sp³-hybridized carbons (Fsp3) is 0.409. The molecule has 2 heteroatoms. The van der Waals surface area contributed by atoms with Gasteiger partial charge in [-0.05, 0) is 64.8 Å². The second-order valence-corrected chi connectivity index (χ2v) is 8.23. The van der Waals surface area contributed by atoms with Crippen molar-refractivity contribution in [1.82, 2.24) is 0 Å². The number of hydrogen-bond donors (Lipinski definition) is 0. The van der Waals surface area contributed by atoms with Gasteiger partial charge in [-0.15, -0.1) is 0 Å². The van der Waals surface area contributed by atoms with Crippen molar-refractivity contribution >= 4 is 12.2 Å². The third kappa shape index (κ3) is 4.70. The zero-order chi connectivity index (χ0) is 18.0. The van der Waals surface area contributed by atoms with Crippen LogP contribution in [-0.2, 0) is 10.8 Å². The molecule has 0 unspecified atom stereocenters. The molecule has 1 heterocycles. The largest absolute Gasteiger partial charge is 0.497 e. The van der Waals surface area contributed by atoms with Crippen molar-refractivity contribution in [3.63, 3.8) is 0 Å². The smallest absolute Gasteiger partial charge is 0.335 e. The average molecular weight is 325 g/mol. The minimum absolute atomic E-state index is 0.0238. The van der Waals surface area contributed by atoms with Gasteiger partial charge in [0.15, 0.2) is 0 Å². The lowest BCUT2D eigenvalue weighted by molar-refractivity contribution is 0.328. The number of hydrogen-bond acceptors (Lipinski definition) is 1. The molecular formula is C22H29O2+. The van der Waals surface area contributed by atoms with Gasteiger partial charge in [-0.25, -0.2) is 4.42 Å². The standard InChI is InChI=1S/C22H29O2/c1-21(2,3)19-14-17(15-20(24-19)22(4,5)6)9-8-16-10-12-18(23-7)13-11-16/h8-15H,1-7H3/q+1. The first-order chi connectivity index (χ1) is 11.1. The van der Waals surface area contributed by atoms with Gasteiger partial charge < -0.3 is 4.74 Å². The van der Waals surface area contributed by atoms with E-state index in [1.165, 1.54) is 0 Å². The molecule has 24 heavy (non-hydrogen) atoms. The fourth-order valence-electron chi connectivity index (χ4n) is 2.26. The maximum Gasteiger partial charge on any atom is 0.335 e. The summed E-state index contributed by atoms with van der Waals surface area (Å²) < 4.78 is 11.4. The molecule has 0 spiro atoms. The number of rotatable bonds is 3. The lowest BCUT2D eigenvalue weighted by atomic mass is 9.88. The molecule has 2 rings (SSSR count). The summed E-state index contributed by atoms with van der Waals surface area (Å²) in [4.78, 5) is 0. The summed E-state index contributed by atoms with van der Waals surface area (Å²) in [6.45, 7) is 13.1. The predicted octanol–water partition coefficient (Wildman–Crippen LogP) is 6.33. The molecule has 1 aromatic carbocycles. The van der Waals surface area contributed by atoms with E-state index in [0.717, 1.165) is 28.4 Å². The predicted molar refractivity (Wildman–Crippen MR) is 102 cm³/mol. The van der Waals surface area contributed by atoms with Gasteiger partial charge in [0.25, 0.3) is 0 Å². The van der Waals surface area contributed by atoms with Crippen LogP contribution in [-0.4, -0.2) is 7.11 Å². The zero-order valence-electron chi connectivity index (χ0n) is 15.9. The number of benzene rings is 1. The van der Waals surface area contributed by atoms with E-state index >= 15 is 0 Å². The van der Waals surface area contributed by atoms with E-state index in [2.05, 4.69) is 78.0 Å². The van der Waals surface area contributed by atoms with Gasteiger partial charge in [0, 0.05) is 12.1 Å². The van der Waals surface area contributed by atoms with Crippen molar-refractivity contribution < 1.29 is 9.15 Å². The maximum atomic E-state index is 6.18. The van der Waals surface area contributed by atoms with E-state index in [4.69, 9.17) is 9.15 Å². The molecule has 2 nitrogen and oxygen atoms in total. The monoisotopic (exact) mass is 325 g/mol. The van der Waals surface area contributed by atoms with Crippen molar-refractivity contribution in [3.8, 4) is 5.75 Å². The van der Waals surface area contributed by atoms with Gasteiger partial charge in [-0.3, -0.25) is 0 Å². The van der Waals surface area contributed by atoms with Crippen LogP contribution < -0.4 is 4.74 Å². The second kappa shape index (κ2) is 6.80.